The molecular weight excluding hydrogens is 208 g/mol. The largest absolute Gasteiger partial charge is 0.481 e. The average Bonchev–Trinajstić information content (AvgIpc) is 1.97. The summed E-state index contributed by atoms with van der Waals surface area (Å²) in [5.41, 5.74) is 4.64. The van der Waals surface area contributed by atoms with Gasteiger partial charge in [0.2, 0.25) is 5.91 Å². The molecule has 16 heavy (non-hydrogen) atoms. The summed E-state index contributed by atoms with van der Waals surface area (Å²) >= 11 is 0. The molecule has 1 atom stereocenters. The number of carboxylic acid groups (broad SMARTS) is 1. The van der Waals surface area contributed by atoms with Gasteiger partial charge in [0.05, 0.1) is 12.5 Å². The van der Waals surface area contributed by atoms with Crippen molar-refractivity contribution >= 4 is 11.9 Å². The van der Waals surface area contributed by atoms with Crippen LogP contribution in [0.25, 0.3) is 0 Å². The Bertz CT molecular complexity index is 279. The van der Waals surface area contributed by atoms with Crippen molar-refractivity contribution < 1.29 is 14.7 Å². The van der Waals surface area contributed by atoms with Crippen molar-refractivity contribution in [2.45, 2.75) is 52.6 Å². The molecule has 0 saturated heterocycles. The van der Waals surface area contributed by atoms with E-state index in [1.165, 1.54) is 0 Å². The highest BCUT2D eigenvalue weighted by molar-refractivity contribution is 5.83. The zero-order valence-corrected chi connectivity index (χ0v) is 10.6. The van der Waals surface area contributed by atoms with Gasteiger partial charge in [0.1, 0.15) is 0 Å². The third kappa shape index (κ3) is 5.11. The molecule has 4 N–H and O–H groups in total. The Labute approximate surface area is 96.4 Å². The van der Waals surface area contributed by atoms with E-state index in [2.05, 4.69) is 5.32 Å². The van der Waals surface area contributed by atoms with Crippen molar-refractivity contribution in [2.75, 3.05) is 0 Å². The maximum absolute atomic E-state index is 11.8. The van der Waals surface area contributed by atoms with Gasteiger partial charge < -0.3 is 16.2 Å². The van der Waals surface area contributed by atoms with Crippen molar-refractivity contribution in [2.24, 2.45) is 11.1 Å². The van der Waals surface area contributed by atoms with Crippen molar-refractivity contribution in [1.29, 1.82) is 0 Å². The molecule has 5 nitrogen and oxygen atoms in total. The SMILES string of the molecule is CC(C)(CC(=O)O)NC(=O)[C@@H](N)C(C)(C)C. The molecule has 0 rings (SSSR count). The molecule has 0 aliphatic heterocycles. The molecule has 5 heteroatoms. The predicted molar refractivity (Wildman–Crippen MR) is 61.9 cm³/mol. The molecule has 0 aliphatic carbocycles. The molecular formula is C11H22N2O3. The number of carbonyl (C=O) groups excluding carboxylic acids is 1. The summed E-state index contributed by atoms with van der Waals surface area (Å²) in [6, 6.07) is -0.652. The molecule has 0 unspecified atom stereocenters. The average molecular weight is 230 g/mol. The summed E-state index contributed by atoms with van der Waals surface area (Å²) < 4.78 is 0. The standard InChI is InChI=1S/C11H22N2O3/c1-10(2,3)8(12)9(16)13-11(4,5)6-7(14)15/h8H,6,12H2,1-5H3,(H,13,16)(H,14,15)/t8-/m1/s1. The second-order valence-electron chi connectivity index (χ2n) is 5.79. The Balaban J connectivity index is 4.50. The van der Waals surface area contributed by atoms with Gasteiger partial charge in [0.25, 0.3) is 0 Å². The zero-order chi connectivity index (χ0) is 13.1. The van der Waals surface area contributed by atoms with Crippen LogP contribution in [0.15, 0.2) is 0 Å². The summed E-state index contributed by atoms with van der Waals surface area (Å²) in [7, 11) is 0. The van der Waals surface area contributed by atoms with E-state index in [0.29, 0.717) is 0 Å². The molecule has 0 aliphatic rings. The van der Waals surface area contributed by atoms with Crippen molar-refractivity contribution in [3.05, 3.63) is 0 Å². The fraction of sp³-hybridized carbons (Fsp3) is 0.818. The molecule has 0 heterocycles. The fourth-order valence-corrected chi connectivity index (χ4v) is 1.23. The minimum atomic E-state index is -0.949. The van der Waals surface area contributed by atoms with Crippen molar-refractivity contribution in [1.82, 2.24) is 5.32 Å². The van der Waals surface area contributed by atoms with Crippen LogP contribution in [0.4, 0.5) is 0 Å². The van der Waals surface area contributed by atoms with Crippen LogP contribution in [0.2, 0.25) is 0 Å². The van der Waals surface area contributed by atoms with Gasteiger partial charge in [-0.25, -0.2) is 0 Å². The van der Waals surface area contributed by atoms with Gasteiger partial charge in [-0.1, -0.05) is 20.8 Å². The third-order valence-corrected chi connectivity index (χ3v) is 2.27. The second kappa shape index (κ2) is 4.82. The maximum Gasteiger partial charge on any atom is 0.305 e. The highest BCUT2D eigenvalue weighted by Gasteiger charge is 2.32. The van der Waals surface area contributed by atoms with E-state index in [1.54, 1.807) is 13.8 Å². The van der Waals surface area contributed by atoms with Gasteiger partial charge in [0.15, 0.2) is 0 Å². The topological polar surface area (TPSA) is 92.4 Å². The summed E-state index contributed by atoms with van der Waals surface area (Å²) in [6.45, 7) is 8.91. The van der Waals surface area contributed by atoms with Crippen molar-refractivity contribution in [3.63, 3.8) is 0 Å². The Kier molecular flexibility index (Phi) is 4.49. The lowest BCUT2D eigenvalue weighted by atomic mass is 9.86. The number of nitrogens with one attached hydrogen (secondary N) is 1. The first-order chi connectivity index (χ1) is 6.96. The number of nitrogens with two attached hydrogens (primary N) is 1. The summed E-state index contributed by atoms with van der Waals surface area (Å²) in [5, 5.41) is 11.3. The molecule has 0 radical (unpaired) electrons. The van der Waals surface area contributed by atoms with E-state index in [-0.39, 0.29) is 17.7 Å². The molecule has 94 valence electrons. The maximum atomic E-state index is 11.8. The van der Waals surface area contributed by atoms with Gasteiger partial charge in [0, 0.05) is 5.54 Å². The van der Waals surface area contributed by atoms with Crippen LogP contribution in [-0.2, 0) is 9.59 Å². The third-order valence-electron chi connectivity index (χ3n) is 2.27. The second-order valence-corrected chi connectivity index (χ2v) is 5.79. The number of rotatable bonds is 4. The van der Waals surface area contributed by atoms with E-state index in [9.17, 15) is 9.59 Å². The van der Waals surface area contributed by atoms with Crippen LogP contribution in [0, 0.1) is 5.41 Å². The molecule has 0 bridgehead atoms. The van der Waals surface area contributed by atoms with E-state index >= 15 is 0 Å². The monoisotopic (exact) mass is 230 g/mol. The Morgan fingerprint density at radius 3 is 2.00 bits per heavy atom. The minimum Gasteiger partial charge on any atom is -0.481 e. The summed E-state index contributed by atoms with van der Waals surface area (Å²) in [4.78, 5) is 22.3. The van der Waals surface area contributed by atoms with E-state index < -0.39 is 17.6 Å². The molecule has 0 fully saturated rings. The number of hydrogen-bond donors (Lipinski definition) is 3. The van der Waals surface area contributed by atoms with Gasteiger partial charge in [-0.2, -0.15) is 0 Å². The Morgan fingerprint density at radius 1 is 1.25 bits per heavy atom. The lowest BCUT2D eigenvalue weighted by Gasteiger charge is -2.31. The number of amides is 1. The van der Waals surface area contributed by atoms with Crippen LogP contribution in [0.3, 0.4) is 0 Å². The van der Waals surface area contributed by atoms with Crippen LogP contribution in [0.5, 0.6) is 0 Å². The van der Waals surface area contributed by atoms with Gasteiger partial charge >= 0.3 is 5.97 Å². The first kappa shape index (κ1) is 14.9. The van der Waals surface area contributed by atoms with Crippen LogP contribution in [0.1, 0.15) is 41.0 Å². The van der Waals surface area contributed by atoms with Crippen LogP contribution in [-0.4, -0.2) is 28.6 Å². The van der Waals surface area contributed by atoms with E-state index in [0.717, 1.165) is 0 Å². The zero-order valence-electron chi connectivity index (χ0n) is 10.6. The van der Waals surface area contributed by atoms with Gasteiger partial charge in [-0.15, -0.1) is 0 Å². The molecule has 0 aromatic carbocycles. The number of hydrogen-bond acceptors (Lipinski definition) is 3. The fourth-order valence-electron chi connectivity index (χ4n) is 1.23. The Morgan fingerprint density at radius 2 is 1.69 bits per heavy atom. The quantitative estimate of drug-likeness (QED) is 0.663. The van der Waals surface area contributed by atoms with Crippen LogP contribution < -0.4 is 11.1 Å². The van der Waals surface area contributed by atoms with Crippen molar-refractivity contribution in [3.8, 4) is 0 Å². The molecule has 0 saturated carbocycles. The lowest BCUT2D eigenvalue weighted by Crippen LogP contribution is -2.55. The van der Waals surface area contributed by atoms with Gasteiger partial charge in [-0.3, -0.25) is 9.59 Å². The normalized spacial score (nSPS) is 14.4. The Hall–Kier alpha value is -1.10. The van der Waals surface area contributed by atoms with Gasteiger partial charge in [-0.05, 0) is 19.3 Å². The summed E-state index contributed by atoms with van der Waals surface area (Å²) in [5.74, 6) is -1.27. The number of aliphatic carboxylic acids is 1. The molecule has 1 amide bonds. The molecule has 0 aromatic heterocycles. The number of carboxylic acids is 1. The first-order valence-electron chi connectivity index (χ1n) is 5.25. The minimum absolute atomic E-state index is 0.129. The molecule has 0 spiro atoms. The van der Waals surface area contributed by atoms with E-state index in [4.69, 9.17) is 10.8 Å². The highest BCUT2D eigenvalue weighted by atomic mass is 16.4. The molecule has 0 aromatic rings. The predicted octanol–water partition coefficient (Wildman–Crippen LogP) is 0.729. The first-order valence-corrected chi connectivity index (χ1v) is 5.25. The number of carbonyl (C=O) groups is 2. The smallest absolute Gasteiger partial charge is 0.305 e. The van der Waals surface area contributed by atoms with Crippen LogP contribution >= 0.6 is 0 Å². The lowest BCUT2D eigenvalue weighted by molar-refractivity contribution is -0.138. The van der Waals surface area contributed by atoms with E-state index in [1.807, 2.05) is 20.8 Å². The summed E-state index contributed by atoms with van der Waals surface area (Å²) in [6.07, 6.45) is -0.129. The highest BCUT2D eigenvalue weighted by Crippen LogP contribution is 2.18.